The zero-order valence-electron chi connectivity index (χ0n) is 20.2. The minimum Gasteiger partial charge on any atom is -0.322 e. The molecule has 4 aromatic rings. The van der Waals surface area contributed by atoms with Gasteiger partial charge in [0.2, 0.25) is 0 Å². The van der Waals surface area contributed by atoms with Crippen LogP contribution in [0.25, 0.3) is 11.2 Å². The normalized spacial score (nSPS) is 15.0. The molecule has 0 saturated heterocycles. The van der Waals surface area contributed by atoms with Gasteiger partial charge in [-0.15, -0.1) is 0 Å². The first-order valence-electron chi connectivity index (χ1n) is 12.4. The molecule has 1 saturated carbocycles. The Bertz CT molecular complexity index is 1470. The quantitative estimate of drug-likeness (QED) is 0.372. The van der Waals surface area contributed by atoms with Gasteiger partial charge in [0.15, 0.2) is 16.9 Å². The minimum absolute atomic E-state index is 0.177. The first-order chi connectivity index (χ1) is 17.0. The van der Waals surface area contributed by atoms with Gasteiger partial charge in [0.05, 0.1) is 12.9 Å². The molecule has 1 aliphatic carbocycles. The van der Waals surface area contributed by atoms with Crippen molar-refractivity contribution in [1.29, 1.82) is 0 Å². The van der Waals surface area contributed by atoms with Gasteiger partial charge in [0.1, 0.15) is 6.04 Å². The van der Waals surface area contributed by atoms with E-state index in [-0.39, 0.29) is 18.4 Å². The lowest BCUT2D eigenvalue weighted by Gasteiger charge is -2.18. The van der Waals surface area contributed by atoms with Crippen LogP contribution >= 0.6 is 0 Å². The molecule has 7 nitrogen and oxygen atoms in total. The Balaban J connectivity index is 1.68. The predicted octanol–water partition coefficient (Wildman–Crippen LogP) is 4.53. The van der Waals surface area contributed by atoms with E-state index in [1.165, 1.54) is 4.57 Å². The van der Waals surface area contributed by atoms with Crippen LogP contribution in [0.3, 0.4) is 0 Å². The van der Waals surface area contributed by atoms with Crippen molar-refractivity contribution in [2.75, 3.05) is 0 Å². The number of hydrogen-bond acceptors (Lipinski definition) is 4. The minimum atomic E-state index is -0.944. The standard InChI is InChI=1S/C28H30N4O3/c1-3-20-13-15-22(16-14-20)25(33)19(2)32-27(34)24-26(29-18-31(24)23-11-7-8-12-23)30(28(32)35)17-21-9-5-4-6-10-21/h4-6,9-10,13-16,18-19,23H,3,7-8,11-12,17H2,1-2H3/t19-/m0/s1. The van der Waals surface area contributed by atoms with E-state index in [1.807, 2.05) is 47.0 Å². The summed E-state index contributed by atoms with van der Waals surface area (Å²) >= 11 is 0. The molecule has 0 N–H and O–H groups in total. The largest absolute Gasteiger partial charge is 0.333 e. The molecule has 0 spiro atoms. The Morgan fingerprint density at radius 3 is 2.34 bits per heavy atom. The van der Waals surface area contributed by atoms with E-state index >= 15 is 0 Å². The summed E-state index contributed by atoms with van der Waals surface area (Å²) in [7, 11) is 0. The summed E-state index contributed by atoms with van der Waals surface area (Å²) in [6, 6.07) is 16.2. The number of aromatic nitrogens is 4. The van der Waals surface area contributed by atoms with Gasteiger partial charge in [-0.3, -0.25) is 14.2 Å². The monoisotopic (exact) mass is 470 g/mol. The third-order valence-corrected chi connectivity index (χ3v) is 7.20. The van der Waals surface area contributed by atoms with Crippen LogP contribution in [-0.2, 0) is 13.0 Å². The summed E-state index contributed by atoms with van der Waals surface area (Å²) in [5, 5.41) is 0. The van der Waals surface area contributed by atoms with E-state index in [0.29, 0.717) is 16.7 Å². The molecule has 1 fully saturated rings. The fourth-order valence-corrected chi connectivity index (χ4v) is 5.15. The van der Waals surface area contributed by atoms with Gasteiger partial charge in [-0.2, -0.15) is 0 Å². The number of carbonyl (C=O) groups is 1. The number of Topliss-reactive ketones (excluding diaryl/α,β-unsaturated/α-hetero) is 1. The second-order valence-electron chi connectivity index (χ2n) is 9.38. The van der Waals surface area contributed by atoms with Gasteiger partial charge in [0, 0.05) is 11.6 Å². The highest BCUT2D eigenvalue weighted by atomic mass is 16.2. The van der Waals surface area contributed by atoms with Gasteiger partial charge in [0.25, 0.3) is 5.56 Å². The van der Waals surface area contributed by atoms with Crippen molar-refractivity contribution in [3.63, 3.8) is 0 Å². The first-order valence-corrected chi connectivity index (χ1v) is 12.4. The van der Waals surface area contributed by atoms with Crippen LogP contribution in [0, 0.1) is 0 Å². The molecular weight excluding hydrogens is 440 g/mol. The highest BCUT2D eigenvalue weighted by molar-refractivity contribution is 5.98. The number of imidazole rings is 1. The molecule has 2 aromatic carbocycles. The van der Waals surface area contributed by atoms with Crippen LogP contribution in [-0.4, -0.2) is 24.5 Å². The number of nitrogens with zero attached hydrogens (tertiary/aromatic N) is 4. The maximum absolute atomic E-state index is 13.8. The lowest BCUT2D eigenvalue weighted by Crippen LogP contribution is -2.44. The molecule has 0 amide bonds. The summed E-state index contributed by atoms with van der Waals surface area (Å²) in [6.07, 6.45) is 6.70. The maximum Gasteiger partial charge on any atom is 0.333 e. The van der Waals surface area contributed by atoms with Crippen molar-refractivity contribution < 1.29 is 4.79 Å². The molecule has 0 unspecified atom stereocenters. The van der Waals surface area contributed by atoms with Gasteiger partial charge >= 0.3 is 5.69 Å². The van der Waals surface area contributed by atoms with Gasteiger partial charge in [-0.25, -0.2) is 14.3 Å². The number of carbonyl (C=O) groups excluding carboxylic acids is 1. The Labute approximate surface area is 203 Å². The number of hydrogen-bond donors (Lipinski definition) is 0. The molecule has 7 heteroatoms. The fourth-order valence-electron chi connectivity index (χ4n) is 5.15. The molecule has 180 valence electrons. The highest BCUT2D eigenvalue weighted by Crippen LogP contribution is 2.31. The zero-order valence-corrected chi connectivity index (χ0v) is 20.2. The summed E-state index contributed by atoms with van der Waals surface area (Å²) < 4.78 is 4.57. The SMILES string of the molecule is CCc1ccc(C(=O)[C@H](C)n2c(=O)c3c(ncn3C3CCCC3)n(Cc3ccccc3)c2=O)cc1. The van der Waals surface area contributed by atoms with Gasteiger partial charge < -0.3 is 4.57 Å². The van der Waals surface area contributed by atoms with Crippen molar-refractivity contribution >= 4 is 16.9 Å². The molecule has 0 bridgehead atoms. The second-order valence-corrected chi connectivity index (χ2v) is 9.38. The van der Waals surface area contributed by atoms with Crippen molar-refractivity contribution in [3.8, 4) is 0 Å². The Morgan fingerprint density at radius 1 is 1.00 bits per heavy atom. The summed E-state index contributed by atoms with van der Waals surface area (Å²) in [5.41, 5.74) is 2.33. The summed E-state index contributed by atoms with van der Waals surface area (Å²) in [4.78, 5) is 45.5. The number of aryl methyl sites for hydroxylation is 1. The van der Waals surface area contributed by atoms with Crippen molar-refractivity contribution in [3.05, 3.63) is 98.5 Å². The Morgan fingerprint density at radius 2 is 1.69 bits per heavy atom. The second kappa shape index (κ2) is 9.49. The molecule has 2 aromatic heterocycles. The van der Waals surface area contributed by atoms with Gasteiger partial charge in [-0.05, 0) is 37.3 Å². The topological polar surface area (TPSA) is 78.9 Å². The van der Waals surface area contributed by atoms with E-state index in [9.17, 15) is 14.4 Å². The number of ketones is 1. The van der Waals surface area contributed by atoms with Crippen molar-refractivity contribution in [2.24, 2.45) is 0 Å². The Hall–Kier alpha value is -3.74. The molecular formula is C28H30N4O3. The molecule has 35 heavy (non-hydrogen) atoms. The average Bonchev–Trinajstić information content (AvgIpc) is 3.57. The lowest BCUT2D eigenvalue weighted by atomic mass is 10.0. The predicted molar refractivity (Wildman–Crippen MR) is 136 cm³/mol. The van der Waals surface area contributed by atoms with Crippen LogP contribution < -0.4 is 11.2 Å². The summed E-state index contributed by atoms with van der Waals surface area (Å²) in [5.74, 6) is -0.260. The number of fused-ring (bicyclic) bond motifs is 1. The van der Waals surface area contributed by atoms with Crippen LogP contribution in [0.15, 0.2) is 70.5 Å². The van der Waals surface area contributed by atoms with E-state index in [1.54, 1.807) is 25.4 Å². The Kier molecular flexibility index (Phi) is 6.24. The third kappa shape index (κ3) is 4.16. The molecule has 1 aliphatic rings. The number of rotatable bonds is 7. The average molecular weight is 471 g/mol. The van der Waals surface area contributed by atoms with Crippen LogP contribution in [0.1, 0.15) is 73.1 Å². The lowest BCUT2D eigenvalue weighted by molar-refractivity contribution is 0.0930. The molecule has 2 heterocycles. The van der Waals surface area contributed by atoms with Crippen molar-refractivity contribution in [1.82, 2.24) is 18.7 Å². The smallest absolute Gasteiger partial charge is 0.322 e. The molecule has 5 rings (SSSR count). The third-order valence-electron chi connectivity index (χ3n) is 7.20. The van der Waals surface area contributed by atoms with Gasteiger partial charge in [-0.1, -0.05) is 74.4 Å². The maximum atomic E-state index is 13.8. The van der Waals surface area contributed by atoms with Crippen LogP contribution in [0.2, 0.25) is 0 Å². The molecule has 0 radical (unpaired) electrons. The van der Waals surface area contributed by atoms with Crippen LogP contribution in [0.5, 0.6) is 0 Å². The van der Waals surface area contributed by atoms with Crippen molar-refractivity contribution in [2.45, 2.75) is 64.6 Å². The van der Waals surface area contributed by atoms with E-state index in [4.69, 9.17) is 0 Å². The first kappa shape index (κ1) is 23.0. The zero-order chi connectivity index (χ0) is 24.5. The van der Waals surface area contributed by atoms with E-state index in [2.05, 4.69) is 11.9 Å². The molecule has 1 atom stereocenters. The van der Waals surface area contributed by atoms with E-state index in [0.717, 1.165) is 47.8 Å². The fraction of sp³-hybridized carbons (Fsp3) is 0.357. The summed E-state index contributed by atoms with van der Waals surface area (Å²) in [6.45, 7) is 3.95. The van der Waals surface area contributed by atoms with Crippen LogP contribution in [0.4, 0.5) is 0 Å². The molecule has 0 aliphatic heterocycles. The number of benzene rings is 2. The highest BCUT2D eigenvalue weighted by Gasteiger charge is 2.28. The van der Waals surface area contributed by atoms with E-state index < -0.39 is 17.3 Å².